The van der Waals surface area contributed by atoms with E-state index in [1.807, 2.05) is 0 Å². The third kappa shape index (κ3) is 4.93. The van der Waals surface area contributed by atoms with Gasteiger partial charge in [0.25, 0.3) is 5.91 Å². The maximum Gasteiger partial charge on any atom is 0.265 e. The Bertz CT molecular complexity index is 1160. The Morgan fingerprint density at radius 3 is 2.57 bits per heavy atom. The third-order valence-corrected chi connectivity index (χ3v) is 5.12. The molecule has 28 heavy (non-hydrogen) atoms. The number of nitrogens with one attached hydrogen (secondary N) is 2. The van der Waals surface area contributed by atoms with Crippen molar-refractivity contribution in [3.8, 4) is 11.3 Å². The van der Waals surface area contributed by atoms with Crippen LogP contribution in [0.5, 0.6) is 0 Å². The second-order valence-corrected chi connectivity index (χ2v) is 8.56. The molecule has 0 saturated heterocycles. The number of anilines is 2. The molecule has 10 heteroatoms. The minimum Gasteiger partial charge on any atom is -0.366 e. The normalized spacial score (nSPS) is 11.0. The smallest absolute Gasteiger partial charge is 0.265 e. The van der Waals surface area contributed by atoms with Gasteiger partial charge in [-0.05, 0) is 36.4 Å². The van der Waals surface area contributed by atoms with Crippen molar-refractivity contribution < 1.29 is 18.0 Å². The Hall–Kier alpha value is -3.24. The van der Waals surface area contributed by atoms with Crippen molar-refractivity contribution in [1.82, 2.24) is 4.98 Å². The Morgan fingerprint density at radius 1 is 1.11 bits per heavy atom. The van der Waals surface area contributed by atoms with Crippen molar-refractivity contribution in [2.75, 3.05) is 16.3 Å². The fraction of sp³-hybridized carbons (Fsp3) is 0.0556. The minimum atomic E-state index is -3.41. The van der Waals surface area contributed by atoms with Crippen LogP contribution in [0, 0.1) is 0 Å². The van der Waals surface area contributed by atoms with E-state index in [4.69, 9.17) is 5.73 Å². The number of nitrogens with two attached hydrogens (primary N) is 1. The summed E-state index contributed by atoms with van der Waals surface area (Å²) in [4.78, 5) is 28.4. The van der Waals surface area contributed by atoms with Crippen molar-refractivity contribution >= 4 is 44.5 Å². The van der Waals surface area contributed by atoms with E-state index in [0.717, 1.165) is 6.26 Å². The minimum absolute atomic E-state index is 0.331. The van der Waals surface area contributed by atoms with Crippen molar-refractivity contribution in [1.29, 1.82) is 0 Å². The molecule has 144 valence electrons. The molecule has 0 unspecified atom stereocenters. The molecule has 0 aliphatic heterocycles. The van der Waals surface area contributed by atoms with Gasteiger partial charge in [0, 0.05) is 28.4 Å². The maximum atomic E-state index is 12.5. The number of nitrogens with zero attached hydrogens (tertiary/aromatic N) is 1. The Balaban J connectivity index is 1.77. The summed E-state index contributed by atoms with van der Waals surface area (Å²) in [5.74, 6) is -0.904. The highest BCUT2D eigenvalue weighted by Crippen LogP contribution is 2.26. The Kier molecular flexibility index (Phi) is 5.43. The van der Waals surface area contributed by atoms with Gasteiger partial charge in [0.2, 0.25) is 15.9 Å². The Labute approximate surface area is 165 Å². The SMILES string of the molecule is CS(=O)(=O)Nc1cccc(NC(=O)c2cc(-c3cc(C(N)=O)ccn3)cs2)c1. The zero-order valence-electron chi connectivity index (χ0n) is 14.7. The van der Waals surface area contributed by atoms with Crippen LogP contribution in [-0.2, 0) is 10.0 Å². The van der Waals surface area contributed by atoms with Gasteiger partial charge in [-0.1, -0.05) is 6.07 Å². The number of hydrogen-bond donors (Lipinski definition) is 3. The highest BCUT2D eigenvalue weighted by molar-refractivity contribution is 7.92. The first-order valence-electron chi connectivity index (χ1n) is 7.95. The maximum absolute atomic E-state index is 12.5. The molecular formula is C18H16N4O4S2. The predicted molar refractivity (Wildman–Crippen MR) is 109 cm³/mol. The van der Waals surface area contributed by atoms with E-state index in [0.29, 0.717) is 33.1 Å². The number of hydrogen-bond acceptors (Lipinski definition) is 6. The number of rotatable bonds is 6. The highest BCUT2D eigenvalue weighted by Gasteiger charge is 2.13. The average molecular weight is 416 g/mol. The lowest BCUT2D eigenvalue weighted by molar-refractivity contribution is 0.0997. The molecule has 0 spiro atoms. The highest BCUT2D eigenvalue weighted by atomic mass is 32.2. The molecular weight excluding hydrogens is 400 g/mol. The first-order valence-corrected chi connectivity index (χ1v) is 10.7. The van der Waals surface area contributed by atoms with Crippen LogP contribution in [0.25, 0.3) is 11.3 Å². The van der Waals surface area contributed by atoms with Crippen molar-refractivity contribution in [3.05, 3.63) is 64.5 Å². The molecule has 0 atom stereocenters. The zero-order valence-corrected chi connectivity index (χ0v) is 16.3. The number of pyridine rings is 1. The number of primary amides is 1. The second kappa shape index (κ2) is 7.79. The van der Waals surface area contributed by atoms with Crippen LogP contribution in [0.3, 0.4) is 0 Å². The molecule has 0 radical (unpaired) electrons. The number of carbonyl (C=O) groups is 2. The lowest BCUT2D eigenvalue weighted by atomic mass is 10.1. The van der Waals surface area contributed by atoms with Gasteiger partial charge in [0.1, 0.15) is 0 Å². The summed E-state index contributed by atoms with van der Waals surface area (Å²) in [6.07, 6.45) is 2.53. The molecule has 2 heterocycles. The number of aromatic nitrogens is 1. The number of amides is 2. The molecule has 0 aliphatic carbocycles. The van der Waals surface area contributed by atoms with E-state index < -0.39 is 15.9 Å². The molecule has 2 aromatic heterocycles. The van der Waals surface area contributed by atoms with Crippen LogP contribution in [0.15, 0.2) is 54.0 Å². The molecule has 0 saturated carbocycles. The van der Waals surface area contributed by atoms with Crippen molar-refractivity contribution in [2.45, 2.75) is 0 Å². The lowest BCUT2D eigenvalue weighted by Crippen LogP contribution is -2.12. The van der Waals surface area contributed by atoms with Crippen LogP contribution < -0.4 is 15.8 Å². The molecule has 1 aromatic carbocycles. The van der Waals surface area contributed by atoms with E-state index >= 15 is 0 Å². The first kappa shape index (κ1) is 19.5. The summed E-state index contributed by atoms with van der Waals surface area (Å²) >= 11 is 1.22. The fourth-order valence-corrected chi connectivity index (χ4v) is 3.75. The van der Waals surface area contributed by atoms with E-state index in [-0.39, 0.29) is 5.91 Å². The van der Waals surface area contributed by atoms with Gasteiger partial charge in [-0.3, -0.25) is 19.3 Å². The van der Waals surface area contributed by atoms with E-state index in [9.17, 15) is 18.0 Å². The predicted octanol–water partition coefficient (Wildman–Crippen LogP) is 2.53. The second-order valence-electron chi connectivity index (χ2n) is 5.90. The zero-order chi connectivity index (χ0) is 20.3. The number of carbonyl (C=O) groups excluding carboxylic acids is 2. The van der Waals surface area contributed by atoms with Crippen LogP contribution >= 0.6 is 11.3 Å². The van der Waals surface area contributed by atoms with Gasteiger partial charge in [-0.25, -0.2) is 8.42 Å². The van der Waals surface area contributed by atoms with Gasteiger partial charge in [0.15, 0.2) is 0 Å². The van der Waals surface area contributed by atoms with Crippen LogP contribution in [-0.4, -0.2) is 31.5 Å². The lowest BCUT2D eigenvalue weighted by Gasteiger charge is -2.07. The largest absolute Gasteiger partial charge is 0.366 e. The summed E-state index contributed by atoms with van der Waals surface area (Å²) in [5.41, 5.74) is 7.62. The molecule has 4 N–H and O–H groups in total. The molecule has 2 amide bonds. The molecule has 3 aromatic rings. The topological polar surface area (TPSA) is 131 Å². The molecule has 3 rings (SSSR count). The third-order valence-electron chi connectivity index (χ3n) is 3.59. The standard InChI is InChI=1S/C18H16N4O4S2/c1-28(25,26)22-14-4-2-3-13(9-14)21-18(24)16-8-12(10-27-16)15-7-11(17(19)23)5-6-20-15/h2-10,22H,1H3,(H2,19,23)(H,21,24). The monoisotopic (exact) mass is 416 g/mol. The van der Waals surface area contributed by atoms with Crippen LogP contribution in [0.2, 0.25) is 0 Å². The van der Waals surface area contributed by atoms with Crippen LogP contribution in [0.1, 0.15) is 20.0 Å². The summed E-state index contributed by atoms with van der Waals surface area (Å²) in [6.45, 7) is 0. The van der Waals surface area contributed by atoms with Crippen LogP contribution in [0.4, 0.5) is 11.4 Å². The van der Waals surface area contributed by atoms with Gasteiger partial charge in [-0.2, -0.15) is 0 Å². The summed E-state index contributed by atoms with van der Waals surface area (Å²) in [7, 11) is -3.41. The van der Waals surface area contributed by atoms with Gasteiger partial charge < -0.3 is 11.1 Å². The molecule has 0 aliphatic rings. The van der Waals surface area contributed by atoms with E-state index in [2.05, 4.69) is 15.0 Å². The quantitative estimate of drug-likeness (QED) is 0.568. The molecule has 0 bridgehead atoms. The first-order chi connectivity index (χ1) is 13.2. The Morgan fingerprint density at radius 2 is 1.86 bits per heavy atom. The molecule has 8 nitrogen and oxygen atoms in total. The summed E-state index contributed by atoms with van der Waals surface area (Å²) in [5, 5.41) is 4.47. The fourth-order valence-electron chi connectivity index (χ4n) is 2.40. The van der Waals surface area contributed by atoms with Gasteiger partial charge in [0.05, 0.1) is 22.5 Å². The van der Waals surface area contributed by atoms with Gasteiger partial charge >= 0.3 is 0 Å². The number of thiophene rings is 1. The molecule has 0 fully saturated rings. The average Bonchev–Trinajstić information content (AvgIpc) is 3.11. The summed E-state index contributed by atoms with van der Waals surface area (Å²) < 4.78 is 25.0. The number of sulfonamides is 1. The van der Waals surface area contributed by atoms with E-state index in [1.54, 1.807) is 35.7 Å². The van der Waals surface area contributed by atoms with Crippen molar-refractivity contribution in [2.24, 2.45) is 5.73 Å². The number of benzene rings is 1. The summed E-state index contributed by atoms with van der Waals surface area (Å²) in [6, 6.07) is 11.1. The van der Waals surface area contributed by atoms with E-state index in [1.165, 1.54) is 29.7 Å². The van der Waals surface area contributed by atoms with Crippen molar-refractivity contribution in [3.63, 3.8) is 0 Å². The van der Waals surface area contributed by atoms with Gasteiger partial charge in [-0.15, -0.1) is 11.3 Å².